The van der Waals surface area contributed by atoms with Crippen LogP contribution in [0.2, 0.25) is 0 Å². The van der Waals surface area contributed by atoms with Crippen molar-refractivity contribution in [3.05, 3.63) is 39.7 Å². The lowest BCUT2D eigenvalue weighted by molar-refractivity contribution is -0.385. The molecule has 1 aromatic rings. The van der Waals surface area contributed by atoms with Crippen LogP contribution >= 0.6 is 0 Å². The molecule has 0 amide bonds. The molecular formula is C14H14FNO4. The molecule has 1 N–H and O–H groups in total. The van der Waals surface area contributed by atoms with E-state index in [9.17, 15) is 24.4 Å². The highest BCUT2D eigenvalue weighted by Crippen LogP contribution is 2.61. The monoisotopic (exact) mass is 279 g/mol. The number of aliphatic carboxylic acids is 1. The maximum absolute atomic E-state index is 13.4. The number of hydrogen-bond donors (Lipinski definition) is 1. The molecule has 2 saturated carbocycles. The summed E-state index contributed by atoms with van der Waals surface area (Å²) in [5, 5.41) is 20.2. The normalized spacial score (nSPS) is 30.9. The molecule has 6 heteroatoms. The van der Waals surface area contributed by atoms with Gasteiger partial charge in [-0.3, -0.25) is 14.9 Å². The van der Waals surface area contributed by atoms with Gasteiger partial charge >= 0.3 is 5.97 Å². The smallest absolute Gasteiger partial charge is 0.309 e. The summed E-state index contributed by atoms with van der Waals surface area (Å²) in [5.74, 6) is -0.640. The van der Waals surface area contributed by atoms with Crippen LogP contribution in [-0.4, -0.2) is 16.0 Å². The number of benzene rings is 1. The van der Waals surface area contributed by atoms with E-state index in [-0.39, 0.29) is 12.1 Å². The van der Waals surface area contributed by atoms with Crippen LogP contribution in [-0.2, 0) is 11.2 Å². The van der Waals surface area contributed by atoms with Gasteiger partial charge < -0.3 is 5.11 Å². The van der Waals surface area contributed by atoms with Crippen LogP contribution in [0.4, 0.5) is 10.1 Å². The molecule has 3 rings (SSSR count). The van der Waals surface area contributed by atoms with Crippen LogP contribution in [0.15, 0.2) is 18.2 Å². The minimum Gasteiger partial charge on any atom is -0.481 e. The molecule has 2 aliphatic carbocycles. The van der Waals surface area contributed by atoms with Crippen molar-refractivity contribution >= 4 is 11.7 Å². The number of carbonyl (C=O) groups is 1. The number of hydrogen-bond acceptors (Lipinski definition) is 3. The lowest BCUT2D eigenvalue weighted by Crippen LogP contribution is -2.32. The number of nitro benzene ring substituents is 1. The fourth-order valence-corrected chi connectivity index (χ4v) is 3.52. The van der Waals surface area contributed by atoms with Crippen LogP contribution in [0.25, 0.3) is 0 Å². The van der Waals surface area contributed by atoms with Gasteiger partial charge in [0.05, 0.1) is 16.4 Å². The fraction of sp³-hybridized carbons (Fsp3) is 0.500. The second kappa shape index (κ2) is 4.26. The molecule has 0 bridgehead atoms. The molecule has 0 aliphatic heterocycles. The topological polar surface area (TPSA) is 80.4 Å². The van der Waals surface area contributed by atoms with Gasteiger partial charge in [0.25, 0.3) is 5.69 Å². The Labute approximate surface area is 114 Å². The quantitative estimate of drug-likeness (QED) is 0.678. The first-order valence-corrected chi connectivity index (χ1v) is 6.57. The number of fused-ring (bicyclic) bond motifs is 1. The van der Waals surface area contributed by atoms with Gasteiger partial charge in [-0.25, -0.2) is 4.39 Å². The largest absolute Gasteiger partial charge is 0.481 e. The van der Waals surface area contributed by atoms with Crippen molar-refractivity contribution in [2.75, 3.05) is 0 Å². The Morgan fingerprint density at radius 1 is 1.40 bits per heavy atom. The highest BCUT2D eigenvalue weighted by Gasteiger charge is 2.57. The van der Waals surface area contributed by atoms with Gasteiger partial charge in [0, 0.05) is 6.07 Å². The van der Waals surface area contributed by atoms with Crippen molar-refractivity contribution in [2.24, 2.45) is 17.3 Å². The predicted molar refractivity (Wildman–Crippen MR) is 67.7 cm³/mol. The number of halogens is 1. The van der Waals surface area contributed by atoms with Gasteiger partial charge in [-0.05, 0) is 49.1 Å². The Morgan fingerprint density at radius 3 is 2.60 bits per heavy atom. The lowest BCUT2D eigenvalue weighted by atomic mass is 9.77. The van der Waals surface area contributed by atoms with E-state index >= 15 is 0 Å². The molecular weight excluding hydrogens is 265 g/mol. The molecule has 2 fully saturated rings. The standard InChI is InChI=1S/C14H14FNO4/c15-11-1-8(2-12(4-11)16(19)20)5-14(13(17)18)6-9-3-10(9)7-14/h1-2,4,9-10H,3,5-7H2,(H,17,18). The predicted octanol–water partition coefficient (Wildman–Crippen LogP) is 2.78. The van der Waals surface area contributed by atoms with E-state index < -0.39 is 22.1 Å². The Morgan fingerprint density at radius 2 is 2.05 bits per heavy atom. The van der Waals surface area contributed by atoms with E-state index in [0.29, 0.717) is 30.2 Å². The third kappa shape index (κ3) is 2.15. The van der Waals surface area contributed by atoms with E-state index in [1.54, 1.807) is 0 Å². The fourth-order valence-electron chi connectivity index (χ4n) is 3.52. The molecule has 0 saturated heterocycles. The van der Waals surface area contributed by atoms with E-state index in [1.807, 2.05) is 0 Å². The first-order chi connectivity index (χ1) is 9.39. The van der Waals surface area contributed by atoms with Crippen LogP contribution in [0, 0.1) is 33.2 Å². The number of carboxylic acids is 1. The molecule has 0 heterocycles. The van der Waals surface area contributed by atoms with Crippen molar-refractivity contribution in [1.29, 1.82) is 0 Å². The summed E-state index contributed by atoms with van der Waals surface area (Å²) in [6.45, 7) is 0. The van der Waals surface area contributed by atoms with Gasteiger partial charge in [0.2, 0.25) is 0 Å². The average molecular weight is 279 g/mol. The average Bonchev–Trinajstić information content (AvgIpc) is 2.96. The molecule has 0 spiro atoms. The van der Waals surface area contributed by atoms with Crippen LogP contribution < -0.4 is 0 Å². The molecule has 0 aromatic heterocycles. The molecule has 106 valence electrons. The van der Waals surface area contributed by atoms with Crippen molar-refractivity contribution in [1.82, 2.24) is 0 Å². The summed E-state index contributed by atoms with van der Waals surface area (Å²) in [4.78, 5) is 21.6. The summed E-state index contributed by atoms with van der Waals surface area (Å²) in [6.07, 6.45) is 2.43. The number of carboxylic acid groups (broad SMARTS) is 1. The van der Waals surface area contributed by atoms with Crippen LogP contribution in [0.3, 0.4) is 0 Å². The molecule has 2 aliphatic rings. The summed E-state index contributed by atoms with van der Waals surface area (Å²) in [5.41, 5.74) is -0.820. The summed E-state index contributed by atoms with van der Waals surface area (Å²) >= 11 is 0. The van der Waals surface area contributed by atoms with E-state index in [2.05, 4.69) is 0 Å². The van der Waals surface area contributed by atoms with Crippen molar-refractivity contribution in [3.8, 4) is 0 Å². The molecule has 2 unspecified atom stereocenters. The second-order valence-electron chi connectivity index (χ2n) is 6.00. The summed E-state index contributed by atoms with van der Waals surface area (Å²) < 4.78 is 13.4. The van der Waals surface area contributed by atoms with Crippen LogP contribution in [0.1, 0.15) is 24.8 Å². The van der Waals surface area contributed by atoms with Crippen molar-refractivity contribution in [2.45, 2.75) is 25.7 Å². The summed E-state index contributed by atoms with van der Waals surface area (Å²) in [6, 6.07) is 3.32. The van der Waals surface area contributed by atoms with E-state index in [1.165, 1.54) is 12.1 Å². The first kappa shape index (κ1) is 13.0. The molecule has 5 nitrogen and oxygen atoms in total. The van der Waals surface area contributed by atoms with Crippen LogP contribution in [0.5, 0.6) is 0 Å². The Balaban J connectivity index is 1.89. The third-order valence-corrected chi connectivity index (χ3v) is 4.52. The highest BCUT2D eigenvalue weighted by molar-refractivity contribution is 5.76. The van der Waals surface area contributed by atoms with E-state index in [4.69, 9.17) is 0 Å². The van der Waals surface area contributed by atoms with Gasteiger partial charge in [0.1, 0.15) is 5.82 Å². The second-order valence-corrected chi connectivity index (χ2v) is 6.00. The maximum atomic E-state index is 13.4. The number of nitro groups is 1. The van der Waals surface area contributed by atoms with Crippen molar-refractivity contribution in [3.63, 3.8) is 0 Å². The molecule has 20 heavy (non-hydrogen) atoms. The number of non-ortho nitro benzene ring substituents is 1. The summed E-state index contributed by atoms with van der Waals surface area (Å²) in [7, 11) is 0. The lowest BCUT2D eigenvalue weighted by Gasteiger charge is -2.26. The minimum atomic E-state index is -0.880. The SMILES string of the molecule is O=C(O)C1(Cc2cc(F)cc([N+](=O)[O-])c2)CC2CC2C1. The number of nitrogens with zero attached hydrogens (tertiary/aromatic N) is 1. The molecule has 1 aromatic carbocycles. The Hall–Kier alpha value is -1.98. The first-order valence-electron chi connectivity index (χ1n) is 6.57. The van der Waals surface area contributed by atoms with Gasteiger partial charge in [0.15, 0.2) is 0 Å². The van der Waals surface area contributed by atoms with Crippen molar-refractivity contribution < 1.29 is 19.2 Å². The highest BCUT2D eigenvalue weighted by atomic mass is 19.1. The minimum absolute atomic E-state index is 0.161. The molecule has 0 radical (unpaired) electrons. The molecule has 2 atom stereocenters. The zero-order valence-corrected chi connectivity index (χ0v) is 10.7. The van der Waals surface area contributed by atoms with E-state index in [0.717, 1.165) is 12.5 Å². The van der Waals surface area contributed by atoms with Gasteiger partial charge in [-0.2, -0.15) is 0 Å². The van der Waals surface area contributed by atoms with Gasteiger partial charge in [-0.1, -0.05) is 0 Å². The third-order valence-electron chi connectivity index (χ3n) is 4.52. The maximum Gasteiger partial charge on any atom is 0.309 e. The Bertz CT molecular complexity index is 591. The number of rotatable bonds is 4. The van der Waals surface area contributed by atoms with Gasteiger partial charge in [-0.15, -0.1) is 0 Å². The zero-order valence-electron chi connectivity index (χ0n) is 10.7. The Kier molecular flexibility index (Phi) is 2.77. The zero-order chi connectivity index (χ0) is 14.5.